The van der Waals surface area contributed by atoms with Crippen molar-refractivity contribution in [1.29, 1.82) is 0 Å². The second kappa shape index (κ2) is 5.53. The molecule has 2 aliphatic heterocycles. The minimum absolute atomic E-state index is 0.760. The Morgan fingerprint density at radius 3 is 2.90 bits per heavy atom. The lowest BCUT2D eigenvalue weighted by Gasteiger charge is -2.38. The first-order chi connectivity index (χ1) is 10.4. The van der Waals surface area contributed by atoms with E-state index in [9.17, 15) is 0 Å². The van der Waals surface area contributed by atoms with Crippen LogP contribution in [0.4, 0.5) is 5.69 Å². The maximum atomic E-state index is 4.53. The zero-order valence-corrected chi connectivity index (χ0v) is 12.4. The summed E-state index contributed by atoms with van der Waals surface area (Å²) in [6.07, 6.45) is 6.94. The molecular formula is C17H22N4. The third-order valence-corrected chi connectivity index (χ3v) is 4.76. The van der Waals surface area contributed by atoms with Crippen molar-refractivity contribution in [2.45, 2.75) is 25.4 Å². The molecule has 1 aromatic heterocycles. The molecule has 4 rings (SSSR count). The quantitative estimate of drug-likeness (QED) is 0.862. The highest BCUT2D eigenvalue weighted by Crippen LogP contribution is 2.25. The summed E-state index contributed by atoms with van der Waals surface area (Å²) < 4.78 is 2.05. The normalized spacial score (nSPS) is 22.5. The van der Waals surface area contributed by atoms with Gasteiger partial charge in [0, 0.05) is 31.9 Å². The van der Waals surface area contributed by atoms with Crippen LogP contribution in [0.2, 0.25) is 0 Å². The molecule has 2 aromatic rings. The lowest BCUT2D eigenvalue weighted by atomic mass is 10.1. The summed E-state index contributed by atoms with van der Waals surface area (Å²) in [7, 11) is 0. The first-order valence-corrected chi connectivity index (χ1v) is 7.94. The van der Waals surface area contributed by atoms with E-state index in [1.165, 1.54) is 37.2 Å². The van der Waals surface area contributed by atoms with E-state index in [0.717, 1.165) is 25.7 Å². The zero-order chi connectivity index (χ0) is 14.1. The smallest absolute Gasteiger partial charge is 0.0753 e. The fourth-order valence-electron chi connectivity index (χ4n) is 3.60. The second-order valence-corrected chi connectivity index (χ2v) is 6.16. The van der Waals surface area contributed by atoms with Gasteiger partial charge in [0.2, 0.25) is 0 Å². The number of piperazine rings is 1. The largest absolute Gasteiger partial charge is 0.366 e. The standard InChI is InChI=1S/C17H22N4/c1-2-5-15(6-3-1)12-21-14-17(11-18-21)20-10-9-19-8-4-7-16(19)13-20/h1-3,5-6,11,14,16H,4,7-10,12-13H2. The van der Waals surface area contributed by atoms with Crippen LogP contribution in [0.3, 0.4) is 0 Å². The zero-order valence-electron chi connectivity index (χ0n) is 12.4. The summed E-state index contributed by atoms with van der Waals surface area (Å²) in [4.78, 5) is 5.14. The first kappa shape index (κ1) is 12.9. The van der Waals surface area contributed by atoms with Gasteiger partial charge in [0.25, 0.3) is 0 Å². The fraction of sp³-hybridized carbons (Fsp3) is 0.471. The number of anilines is 1. The van der Waals surface area contributed by atoms with E-state index in [1.54, 1.807) is 0 Å². The van der Waals surface area contributed by atoms with E-state index in [0.29, 0.717) is 0 Å². The SMILES string of the molecule is c1ccc(Cn2cc(N3CCN4CCCC4C3)cn2)cc1. The molecule has 0 aliphatic carbocycles. The van der Waals surface area contributed by atoms with Crippen LogP contribution in [-0.2, 0) is 6.54 Å². The van der Waals surface area contributed by atoms with Gasteiger partial charge in [0.05, 0.1) is 18.4 Å². The number of nitrogens with zero attached hydrogens (tertiary/aromatic N) is 4. The number of fused-ring (bicyclic) bond motifs is 1. The minimum Gasteiger partial charge on any atom is -0.366 e. The maximum Gasteiger partial charge on any atom is 0.0753 e. The van der Waals surface area contributed by atoms with Crippen molar-refractivity contribution in [3.05, 3.63) is 48.3 Å². The Kier molecular flexibility index (Phi) is 3.39. The Bertz CT molecular complexity index is 592. The highest BCUT2D eigenvalue weighted by atomic mass is 15.3. The highest BCUT2D eigenvalue weighted by Gasteiger charge is 2.30. The molecule has 0 N–H and O–H groups in total. The number of benzene rings is 1. The van der Waals surface area contributed by atoms with Gasteiger partial charge in [-0.1, -0.05) is 30.3 Å². The van der Waals surface area contributed by atoms with Crippen LogP contribution in [-0.4, -0.2) is 46.9 Å². The molecule has 0 spiro atoms. The van der Waals surface area contributed by atoms with Crippen LogP contribution in [0.25, 0.3) is 0 Å². The Morgan fingerprint density at radius 1 is 1.10 bits per heavy atom. The molecule has 21 heavy (non-hydrogen) atoms. The molecule has 110 valence electrons. The van der Waals surface area contributed by atoms with Crippen molar-refractivity contribution in [3.8, 4) is 0 Å². The van der Waals surface area contributed by atoms with Gasteiger partial charge >= 0.3 is 0 Å². The second-order valence-electron chi connectivity index (χ2n) is 6.16. The van der Waals surface area contributed by atoms with Crippen molar-refractivity contribution in [1.82, 2.24) is 14.7 Å². The third kappa shape index (κ3) is 2.68. The molecule has 0 saturated carbocycles. The number of rotatable bonds is 3. The van der Waals surface area contributed by atoms with Gasteiger partial charge in [-0.2, -0.15) is 5.10 Å². The predicted molar refractivity (Wildman–Crippen MR) is 84.6 cm³/mol. The molecule has 1 atom stereocenters. The summed E-state index contributed by atoms with van der Waals surface area (Å²) in [5.41, 5.74) is 2.57. The molecule has 4 heteroatoms. The topological polar surface area (TPSA) is 24.3 Å². The van der Waals surface area contributed by atoms with Crippen LogP contribution in [0.5, 0.6) is 0 Å². The Hall–Kier alpha value is -1.81. The van der Waals surface area contributed by atoms with Crippen LogP contribution in [0, 0.1) is 0 Å². The molecule has 0 amide bonds. The molecule has 1 unspecified atom stereocenters. The third-order valence-electron chi connectivity index (χ3n) is 4.76. The van der Waals surface area contributed by atoms with Crippen molar-refractivity contribution in [2.24, 2.45) is 0 Å². The highest BCUT2D eigenvalue weighted by molar-refractivity contribution is 5.43. The van der Waals surface area contributed by atoms with Gasteiger partial charge in [-0.15, -0.1) is 0 Å². The summed E-state index contributed by atoms with van der Waals surface area (Å²) in [6.45, 7) is 5.65. The Balaban J connectivity index is 1.44. The van der Waals surface area contributed by atoms with Gasteiger partial charge < -0.3 is 4.90 Å². The molecule has 1 aromatic carbocycles. The van der Waals surface area contributed by atoms with E-state index in [1.807, 2.05) is 10.9 Å². The molecule has 2 saturated heterocycles. The van der Waals surface area contributed by atoms with Crippen LogP contribution in [0.15, 0.2) is 42.7 Å². The van der Waals surface area contributed by atoms with Crippen molar-refractivity contribution >= 4 is 5.69 Å². The lowest BCUT2D eigenvalue weighted by molar-refractivity contribution is 0.231. The van der Waals surface area contributed by atoms with E-state index in [4.69, 9.17) is 0 Å². The van der Waals surface area contributed by atoms with Gasteiger partial charge in [-0.05, 0) is 24.9 Å². The molecular weight excluding hydrogens is 260 g/mol. The van der Waals surface area contributed by atoms with Crippen LogP contribution in [0.1, 0.15) is 18.4 Å². The van der Waals surface area contributed by atoms with Gasteiger partial charge in [-0.3, -0.25) is 9.58 Å². The summed E-state index contributed by atoms with van der Waals surface area (Å²) in [5, 5.41) is 4.53. The fourth-order valence-corrected chi connectivity index (χ4v) is 3.60. The van der Waals surface area contributed by atoms with Crippen LogP contribution >= 0.6 is 0 Å². The Labute approximate surface area is 126 Å². The van der Waals surface area contributed by atoms with Crippen molar-refractivity contribution in [2.75, 3.05) is 31.1 Å². The van der Waals surface area contributed by atoms with E-state index in [2.05, 4.69) is 51.4 Å². The minimum atomic E-state index is 0.760. The lowest BCUT2D eigenvalue weighted by Crippen LogP contribution is -2.50. The van der Waals surface area contributed by atoms with Gasteiger partial charge in [0.15, 0.2) is 0 Å². The molecule has 3 heterocycles. The average Bonchev–Trinajstić information content (AvgIpc) is 3.16. The van der Waals surface area contributed by atoms with E-state index >= 15 is 0 Å². The number of hydrogen-bond acceptors (Lipinski definition) is 3. The maximum absolute atomic E-state index is 4.53. The Morgan fingerprint density at radius 2 is 2.00 bits per heavy atom. The van der Waals surface area contributed by atoms with Crippen molar-refractivity contribution in [3.63, 3.8) is 0 Å². The average molecular weight is 282 g/mol. The van der Waals surface area contributed by atoms with Crippen molar-refractivity contribution < 1.29 is 0 Å². The summed E-state index contributed by atoms with van der Waals surface area (Å²) in [5.74, 6) is 0. The number of hydrogen-bond donors (Lipinski definition) is 0. The van der Waals surface area contributed by atoms with E-state index in [-0.39, 0.29) is 0 Å². The van der Waals surface area contributed by atoms with Gasteiger partial charge in [-0.25, -0.2) is 0 Å². The van der Waals surface area contributed by atoms with E-state index < -0.39 is 0 Å². The molecule has 4 nitrogen and oxygen atoms in total. The molecule has 0 bridgehead atoms. The monoisotopic (exact) mass is 282 g/mol. The molecule has 2 fully saturated rings. The van der Waals surface area contributed by atoms with Crippen LogP contribution < -0.4 is 4.90 Å². The summed E-state index contributed by atoms with van der Waals surface area (Å²) >= 11 is 0. The first-order valence-electron chi connectivity index (χ1n) is 7.94. The number of aromatic nitrogens is 2. The molecule has 0 radical (unpaired) electrons. The molecule has 2 aliphatic rings. The summed E-state index contributed by atoms with van der Waals surface area (Å²) in [6, 6.07) is 11.3. The predicted octanol–water partition coefficient (Wildman–Crippen LogP) is 2.22. The van der Waals surface area contributed by atoms with Gasteiger partial charge in [0.1, 0.15) is 0 Å².